The van der Waals surface area contributed by atoms with E-state index >= 15 is 0 Å². The van der Waals surface area contributed by atoms with Crippen molar-refractivity contribution in [2.24, 2.45) is 0 Å². The van der Waals surface area contributed by atoms with E-state index in [1.807, 2.05) is 0 Å². The smallest absolute Gasteiger partial charge is 0.0632 e. The van der Waals surface area contributed by atoms with E-state index < -0.39 is 0 Å². The zero-order valence-electron chi connectivity index (χ0n) is 12.1. The van der Waals surface area contributed by atoms with Crippen molar-refractivity contribution in [1.82, 2.24) is 0 Å². The summed E-state index contributed by atoms with van der Waals surface area (Å²) in [5.41, 5.74) is 5.39. The van der Waals surface area contributed by atoms with E-state index in [1.54, 1.807) is 0 Å². The summed E-state index contributed by atoms with van der Waals surface area (Å²) in [7, 11) is 0. The van der Waals surface area contributed by atoms with Gasteiger partial charge in [0.1, 0.15) is 0 Å². The van der Waals surface area contributed by atoms with Crippen molar-refractivity contribution in [2.75, 3.05) is 4.90 Å². The highest BCUT2D eigenvalue weighted by Crippen LogP contribution is 2.45. The fourth-order valence-electron chi connectivity index (χ4n) is 3.25. The quantitative estimate of drug-likeness (QED) is 0.500. The molecule has 1 aliphatic rings. The van der Waals surface area contributed by atoms with E-state index in [1.165, 1.54) is 26.1 Å². The van der Waals surface area contributed by atoms with Crippen LogP contribution in [0, 0.1) is 3.57 Å². The van der Waals surface area contributed by atoms with Crippen molar-refractivity contribution in [2.45, 2.75) is 12.5 Å². The number of nitrogens with zero attached hydrogens (tertiary/aromatic N) is 1. The zero-order chi connectivity index (χ0) is 14.9. The van der Waals surface area contributed by atoms with Crippen LogP contribution >= 0.6 is 22.6 Å². The Balaban J connectivity index is 1.84. The average molecular weight is 397 g/mol. The van der Waals surface area contributed by atoms with E-state index in [9.17, 15) is 0 Å². The van der Waals surface area contributed by atoms with Gasteiger partial charge in [-0.25, -0.2) is 0 Å². The summed E-state index contributed by atoms with van der Waals surface area (Å²) in [6.07, 6.45) is 1.06. The lowest BCUT2D eigenvalue weighted by atomic mass is 10.0. The largest absolute Gasteiger partial charge is 0.333 e. The first kappa shape index (κ1) is 13.8. The molecule has 1 aliphatic heterocycles. The third-order valence-corrected chi connectivity index (χ3v) is 4.98. The van der Waals surface area contributed by atoms with Gasteiger partial charge in [-0.1, -0.05) is 48.5 Å². The predicted molar refractivity (Wildman–Crippen MR) is 101 cm³/mol. The van der Waals surface area contributed by atoms with Crippen LogP contribution in [0.15, 0.2) is 78.9 Å². The second-order valence-electron chi connectivity index (χ2n) is 5.61. The molecule has 0 amide bonds. The lowest BCUT2D eigenvalue weighted by Gasteiger charge is -2.28. The van der Waals surface area contributed by atoms with Gasteiger partial charge in [0.05, 0.1) is 6.04 Å². The van der Waals surface area contributed by atoms with Gasteiger partial charge < -0.3 is 4.90 Å². The molecule has 0 radical (unpaired) electrons. The molecule has 3 aromatic carbocycles. The van der Waals surface area contributed by atoms with Crippen molar-refractivity contribution >= 4 is 34.0 Å². The van der Waals surface area contributed by atoms with Crippen LogP contribution in [0.3, 0.4) is 0 Å². The summed E-state index contributed by atoms with van der Waals surface area (Å²) >= 11 is 2.36. The Hall–Kier alpha value is -1.81. The van der Waals surface area contributed by atoms with Crippen LogP contribution in [-0.4, -0.2) is 0 Å². The van der Waals surface area contributed by atoms with E-state index in [4.69, 9.17) is 0 Å². The molecule has 3 aromatic rings. The van der Waals surface area contributed by atoms with Crippen LogP contribution < -0.4 is 4.90 Å². The number of rotatable bonds is 2. The molecule has 1 heterocycles. The van der Waals surface area contributed by atoms with Crippen LogP contribution in [0.4, 0.5) is 11.4 Å². The number of fused-ring (bicyclic) bond motifs is 1. The van der Waals surface area contributed by atoms with Gasteiger partial charge in [-0.3, -0.25) is 0 Å². The molecule has 22 heavy (non-hydrogen) atoms. The Morgan fingerprint density at radius 1 is 0.773 bits per heavy atom. The first-order valence-corrected chi connectivity index (χ1v) is 8.58. The Labute approximate surface area is 144 Å². The van der Waals surface area contributed by atoms with Gasteiger partial charge in [0.2, 0.25) is 0 Å². The minimum atomic E-state index is 0.374. The highest BCUT2D eigenvalue weighted by Gasteiger charge is 2.31. The van der Waals surface area contributed by atoms with Gasteiger partial charge in [0.15, 0.2) is 0 Å². The summed E-state index contributed by atoms with van der Waals surface area (Å²) in [6.45, 7) is 0. The molecule has 0 spiro atoms. The summed E-state index contributed by atoms with van der Waals surface area (Å²) in [6, 6.07) is 28.7. The Morgan fingerprint density at radius 3 is 2.23 bits per heavy atom. The molecule has 1 unspecified atom stereocenters. The summed E-state index contributed by atoms with van der Waals surface area (Å²) in [5, 5.41) is 0. The van der Waals surface area contributed by atoms with Crippen molar-refractivity contribution in [3.05, 3.63) is 93.6 Å². The maximum Gasteiger partial charge on any atom is 0.0632 e. The monoisotopic (exact) mass is 397 g/mol. The van der Waals surface area contributed by atoms with Crippen molar-refractivity contribution < 1.29 is 0 Å². The standard InChI is InChI=1S/C20H16IN/c21-17-10-12-18(13-11-17)22-19-9-5-4-8-16(19)14-20(22)15-6-2-1-3-7-15/h1-13,20H,14H2. The van der Waals surface area contributed by atoms with Crippen LogP contribution in [-0.2, 0) is 6.42 Å². The number of hydrogen-bond acceptors (Lipinski definition) is 1. The second-order valence-corrected chi connectivity index (χ2v) is 6.85. The Kier molecular flexibility index (Phi) is 3.62. The molecule has 0 saturated carbocycles. The van der Waals surface area contributed by atoms with Crippen LogP contribution in [0.1, 0.15) is 17.2 Å². The molecule has 1 nitrogen and oxygen atoms in total. The van der Waals surface area contributed by atoms with Gasteiger partial charge >= 0.3 is 0 Å². The zero-order valence-corrected chi connectivity index (χ0v) is 14.3. The van der Waals surface area contributed by atoms with Gasteiger partial charge in [0.25, 0.3) is 0 Å². The number of hydrogen-bond donors (Lipinski definition) is 0. The first-order valence-electron chi connectivity index (χ1n) is 7.50. The normalized spacial score (nSPS) is 16.6. The van der Waals surface area contributed by atoms with Crippen molar-refractivity contribution in [3.8, 4) is 0 Å². The minimum Gasteiger partial charge on any atom is -0.333 e. The fourth-order valence-corrected chi connectivity index (χ4v) is 3.61. The molecule has 0 N–H and O–H groups in total. The third kappa shape index (κ3) is 2.41. The molecule has 0 saturated heterocycles. The second kappa shape index (κ2) is 5.76. The molecule has 0 bridgehead atoms. The van der Waals surface area contributed by atoms with Gasteiger partial charge in [-0.05, 0) is 70.5 Å². The number of para-hydroxylation sites is 1. The number of anilines is 2. The van der Waals surface area contributed by atoms with E-state index in [2.05, 4.69) is 106 Å². The molecule has 1 atom stereocenters. The lowest BCUT2D eigenvalue weighted by Crippen LogP contribution is -2.19. The van der Waals surface area contributed by atoms with Crippen LogP contribution in [0.25, 0.3) is 0 Å². The highest BCUT2D eigenvalue weighted by molar-refractivity contribution is 14.1. The third-order valence-electron chi connectivity index (χ3n) is 4.27. The average Bonchev–Trinajstić information content (AvgIpc) is 2.96. The topological polar surface area (TPSA) is 3.24 Å². The fraction of sp³-hybridized carbons (Fsp3) is 0.100. The van der Waals surface area contributed by atoms with Gasteiger partial charge in [-0.15, -0.1) is 0 Å². The predicted octanol–water partition coefficient (Wildman–Crippen LogP) is 5.73. The first-order chi connectivity index (χ1) is 10.8. The lowest BCUT2D eigenvalue weighted by molar-refractivity contribution is 0.743. The van der Waals surface area contributed by atoms with Crippen molar-refractivity contribution in [1.29, 1.82) is 0 Å². The highest BCUT2D eigenvalue weighted by atomic mass is 127. The molecule has 2 heteroatoms. The maximum absolute atomic E-state index is 2.47. The van der Waals surface area contributed by atoms with Crippen LogP contribution in [0.2, 0.25) is 0 Å². The van der Waals surface area contributed by atoms with Crippen molar-refractivity contribution in [3.63, 3.8) is 0 Å². The molecular formula is C20H16IN. The Bertz CT molecular complexity index is 780. The SMILES string of the molecule is Ic1ccc(N2c3ccccc3CC2c2ccccc2)cc1. The summed E-state index contributed by atoms with van der Waals surface area (Å²) < 4.78 is 1.27. The minimum absolute atomic E-state index is 0.374. The van der Waals surface area contributed by atoms with Gasteiger partial charge in [0, 0.05) is 14.9 Å². The van der Waals surface area contributed by atoms with E-state index in [-0.39, 0.29) is 0 Å². The summed E-state index contributed by atoms with van der Waals surface area (Å²) in [5.74, 6) is 0. The van der Waals surface area contributed by atoms with Crippen LogP contribution in [0.5, 0.6) is 0 Å². The molecule has 4 rings (SSSR count). The van der Waals surface area contributed by atoms with E-state index in [0.29, 0.717) is 6.04 Å². The molecule has 108 valence electrons. The summed E-state index contributed by atoms with van der Waals surface area (Å²) in [4.78, 5) is 2.47. The molecule has 0 fully saturated rings. The molecule has 0 aromatic heterocycles. The number of benzene rings is 3. The Morgan fingerprint density at radius 2 is 1.45 bits per heavy atom. The molecule has 0 aliphatic carbocycles. The van der Waals surface area contributed by atoms with E-state index in [0.717, 1.165) is 6.42 Å². The maximum atomic E-state index is 2.47. The van der Waals surface area contributed by atoms with Gasteiger partial charge in [-0.2, -0.15) is 0 Å². The number of halogens is 1. The molecular weight excluding hydrogens is 381 g/mol.